The van der Waals surface area contributed by atoms with Gasteiger partial charge in [-0.15, -0.1) is 11.3 Å². The maximum absolute atomic E-state index is 13.9. The standard InChI is InChI=1S/C15H13FN2OS2/c16-11-2-1-10(14-9(11)4-8-20-14)13-12(3-7-19)21-15-17-5-6-18(13)15/h1-2,4,8,19H,3,5-7H2. The molecule has 1 N–H and O–H groups in total. The van der Waals surface area contributed by atoms with E-state index in [1.807, 2.05) is 17.5 Å². The van der Waals surface area contributed by atoms with Crippen molar-refractivity contribution in [3.63, 3.8) is 0 Å². The van der Waals surface area contributed by atoms with Gasteiger partial charge in [0.25, 0.3) is 0 Å². The molecule has 0 radical (unpaired) electrons. The number of halogens is 1. The second-order valence-electron chi connectivity index (χ2n) is 4.92. The third-order valence-electron chi connectivity index (χ3n) is 3.71. The highest BCUT2D eigenvalue weighted by molar-refractivity contribution is 8.17. The first kappa shape index (κ1) is 13.3. The number of amidine groups is 1. The molecule has 2 aromatic rings. The zero-order valence-corrected chi connectivity index (χ0v) is 12.8. The fourth-order valence-electron chi connectivity index (χ4n) is 2.81. The van der Waals surface area contributed by atoms with E-state index >= 15 is 0 Å². The Morgan fingerprint density at radius 2 is 2.24 bits per heavy atom. The van der Waals surface area contributed by atoms with Crippen LogP contribution in [0, 0.1) is 5.82 Å². The van der Waals surface area contributed by atoms with Gasteiger partial charge in [-0.25, -0.2) is 4.39 Å². The first-order chi connectivity index (χ1) is 10.3. The SMILES string of the molecule is OCCC1=C(c2ccc(F)c3ccsc23)N2CCN=C2S1. The summed E-state index contributed by atoms with van der Waals surface area (Å²) < 4.78 is 14.9. The maximum atomic E-state index is 13.9. The molecule has 0 saturated carbocycles. The minimum absolute atomic E-state index is 0.113. The lowest BCUT2D eigenvalue weighted by atomic mass is 10.1. The Morgan fingerprint density at radius 3 is 3.10 bits per heavy atom. The molecule has 2 aliphatic heterocycles. The van der Waals surface area contributed by atoms with Crippen molar-refractivity contribution in [3.8, 4) is 0 Å². The lowest BCUT2D eigenvalue weighted by Crippen LogP contribution is -2.20. The van der Waals surface area contributed by atoms with Crippen LogP contribution in [0.5, 0.6) is 0 Å². The highest BCUT2D eigenvalue weighted by Crippen LogP contribution is 2.45. The van der Waals surface area contributed by atoms with Gasteiger partial charge in [-0.3, -0.25) is 4.99 Å². The normalized spacial score (nSPS) is 17.8. The number of thioether (sulfide) groups is 1. The molecular formula is C15H13FN2OS2. The molecule has 0 unspecified atom stereocenters. The van der Waals surface area contributed by atoms with Gasteiger partial charge in [-0.1, -0.05) is 11.8 Å². The van der Waals surface area contributed by atoms with E-state index in [1.54, 1.807) is 23.1 Å². The summed E-state index contributed by atoms with van der Waals surface area (Å²) in [5.74, 6) is -0.180. The second kappa shape index (κ2) is 5.12. The number of fused-ring (bicyclic) bond motifs is 2. The summed E-state index contributed by atoms with van der Waals surface area (Å²) in [6, 6.07) is 5.21. The Labute approximate surface area is 129 Å². The summed E-state index contributed by atoms with van der Waals surface area (Å²) in [5, 5.41) is 12.9. The number of hydrogen-bond donors (Lipinski definition) is 1. The van der Waals surface area contributed by atoms with E-state index in [1.165, 1.54) is 6.07 Å². The predicted molar refractivity (Wildman–Crippen MR) is 87.0 cm³/mol. The summed E-state index contributed by atoms with van der Waals surface area (Å²) in [4.78, 5) is 7.82. The summed E-state index contributed by atoms with van der Waals surface area (Å²) >= 11 is 3.19. The molecule has 0 aliphatic carbocycles. The number of nitrogens with zero attached hydrogens (tertiary/aromatic N) is 2. The van der Waals surface area contributed by atoms with E-state index in [0.717, 1.165) is 39.1 Å². The van der Waals surface area contributed by atoms with Crippen molar-refractivity contribution in [2.24, 2.45) is 4.99 Å². The van der Waals surface area contributed by atoms with Gasteiger partial charge < -0.3 is 10.0 Å². The van der Waals surface area contributed by atoms with Crippen LogP contribution in [0.4, 0.5) is 4.39 Å². The molecule has 0 saturated heterocycles. The average molecular weight is 320 g/mol. The van der Waals surface area contributed by atoms with Gasteiger partial charge in [0.1, 0.15) is 5.82 Å². The molecule has 3 nitrogen and oxygen atoms in total. The quantitative estimate of drug-likeness (QED) is 0.940. The molecular weight excluding hydrogens is 307 g/mol. The van der Waals surface area contributed by atoms with Crippen LogP contribution in [0.15, 0.2) is 33.5 Å². The van der Waals surface area contributed by atoms with Crippen molar-refractivity contribution in [3.05, 3.63) is 39.9 Å². The van der Waals surface area contributed by atoms with Crippen LogP contribution in [0.2, 0.25) is 0 Å². The average Bonchev–Trinajstić information content (AvgIpc) is 3.15. The smallest absolute Gasteiger partial charge is 0.168 e. The van der Waals surface area contributed by atoms with Gasteiger partial charge in [0.15, 0.2) is 5.17 Å². The fourth-order valence-corrected chi connectivity index (χ4v) is 4.92. The van der Waals surface area contributed by atoms with E-state index in [0.29, 0.717) is 11.8 Å². The van der Waals surface area contributed by atoms with E-state index in [9.17, 15) is 9.50 Å². The number of aliphatic imine (C=N–C) groups is 1. The highest BCUT2D eigenvalue weighted by atomic mass is 32.2. The molecule has 2 aliphatic rings. The third kappa shape index (κ3) is 2.01. The molecule has 0 spiro atoms. The Hall–Kier alpha value is -1.37. The molecule has 3 heterocycles. The van der Waals surface area contributed by atoms with Crippen LogP contribution in [-0.2, 0) is 0 Å². The summed E-state index contributed by atoms with van der Waals surface area (Å²) in [5.41, 5.74) is 2.14. The van der Waals surface area contributed by atoms with E-state index in [-0.39, 0.29) is 12.4 Å². The van der Waals surface area contributed by atoms with Gasteiger partial charge in [0, 0.05) is 40.1 Å². The lowest BCUT2D eigenvalue weighted by Gasteiger charge is -2.18. The van der Waals surface area contributed by atoms with Crippen molar-refractivity contribution in [1.29, 1.82) is 0 Å². The van der Waals surface area contributed by atoms with Crippen LogP contribution in [0.25, 0.3) is 15.8 Å². The van der Waals surface area contributed by atoms with Gasteiger partial charge in [0.05, 0.1) is 12.2 Å². The molecule has 6 heteroatoms. The van der Waals surface area contributed by atoms with Crippen LogP contribution in [0.1, 0.15) is 12.0 Å². The van der Waals surface area contributed by atoms with Gasteiger partial charge >= 0.3 is 0 Å². The topological polar surface area (TPSA) is 35.8 Å². The number of benzene rings is 1. The molecule has 21 heavy (non-hydrogen) atoms. The minimum Gasteiger partial charge on any atom is -0.396 e. The zero-order chi connectivity index (χ0) is 14.4. The van der Waals surface area contributed by atoms with Crippen molar-refractivity contribution in [1.82, 2.24) is 4.90 Å². The number of hydrogen-bond acceptors (Lipinski definition) is 5. The van der Waals surface area contributed by atoms with Crippen molar-refractivity contribution in [2.75, 3.05) is 19.7 Å². The first-order valence-corrected chi connectivity index (χ1v) is 8.49. The van der Waals surface area contributed by atoms with Crippen molar-refractivity contribution < 1.29 is 9.50 Å². The number of rotatable bonds is 3. The third-order valence-corrected chi connectivity index (χ3v) is 5.83. The minimum atomic E-state index is -0.180. The van der Waals surface area contributed by atoms with Crippen LogP contribution < -0.4 is 0 Å². The highest BCUT2D eigenvalue weighted by Gasteiger charge is 2.33. The van der Waals surface area contributed by atoms with Crippen LogP contribution in [-0.4, -0.2) is 34.9 Å². The second-order valence-corrected chi connectivity index (χ2v) is 6.90. The Bertz CT molecular complexity index is 781. The van der Waals surface area contributed by atoms with Crippen molar-refractivity contribution >= 4 is 44.0 Å². The number of thiophene rings is 1. The molecule has 1 aromatic carbocycles. The zero-order valence-electron chi connectivity index (χ0n) is 11.2. The molecule has 0 atom stereocenters. The Balaban J connectivity index is 1.92. The van der Waals surface area contributed by atoms with Crippen LogP contribution >= 0.6 is 23.1 Å². The van der Waals surface area contributed by atoms with Crippen molar-refractivity contribution in [2.45, 2.75) is 6.42 Å². The summed E-state index contributed by atoms with van der Waals surface area (Å²) in [7, 11) is 0. The lowest BCUT2D eigenvalue weighted by molar-refractivity contribution is 0.301. The Kier molecular flexibility index (Phi) is 3.24. The molecule has 4 rings (SSSR count). The van der Waals surface area contributed by atoms with E-state index in [2.05, 4.69) is 9.89 Å². The summed E-state index contributed by atoms with van der Waals surface area (Å²) in [6.45, 7) is 1.77. The molecule has 0 amide bonds. The molecule has 1 aromatic heterocycles. The maximum Gasteiger partial charge on any atom is 0.168 e. The summed E-state index contributed by atoms with van der Waals surface area (Å²) in [6.07, 6.45) is 0.611. The monoisotopic (exact) mass is 320 g/mol. The predicted octanol–water partition coefficient (Wildman–Crippen LogP) is 3.51. The van der Waals surface area contributed by atoms with E-state index < -0.39 is 0 Å². The van der Waals surface area contributed by atoms with Gasteiger partial charge in [0.2, 0.25) is 0 Å². The largest absolute Gasteiger partial charge is 0.396 e. The van der Waals surface area contributed by atoms with Gasteiger partial charge in [-0.2, -0.15) is 0 Å². The van der Waals surface area contributed by atoms with Crippen LogP contribution in [0.3, 0.4) is 0 Å². The Morgan fingerprint density at radius 1 is 1.33 bits per heavy atom. The first-order valence-electron chi connectivity index (χ1n) is 6.79. The molecule has 0 bridgehead atoms. The molecule has 108 valence electrons. The van der Waals surface area contributed by atoms with Gasteiger partial charge in [-0.05, 0) is 23.6 Å². The number of aliphatic hydroxyl groups is 1. The number of aliphatic hydroxyl groups excluding tert-OH is 1. The molecule has 0 fully saturated rings. The van der Waals surface area contributed by atoms with E-state index in [4.69, 9.17) is 0 Å². The fraction of sp³-hybridized carbons (Fsp3) is 0.267.